The largest absolute Gasteiger partial charge is 0.481 e. The van der Waals surface area contributed by atoms with E-state index in [0.717, 1.165) is 25.0 Å². The van der Waals surface area contributed by atoms with Gasteiger partial charge in [0, 0.05) is 11.3 Å². The number of carbonyl (C=O) groups excluding carboxylic acids is 1. The minimum absolute atomic E-state index is 0.00156. The lowest BCUT2D eigenvalue weighted by molar-refractivity contribution is -0.143. The number of rotatable bonds is 5. The lowest BCUT2D eigenvalue weighted by Gasteiger charge is -2.28. The van der Waals surface area contributed by atoms with Gasteiger partial charge in [-0.2, -0.15) is 0 Å². The van der Waals surface area contributed by atoms with Crippen molar-refractivity contribution in [1.29, 1.82) is 0 Å². The molecule has 0 fully saturated rings. The number of carboxylic acid groups (broad SMARTS) is 1. The summed E-state index contributed by atoms with van der Waals surface area (Å²) >= 11 is 1.52. The molecule has 6 heteroatoms. The highest BCUT2D eigenvalue weighted by Gasteiger charge is 2.28. The van der Waals surface area contributed by atoms with Gasteiger partial charge in [-0.25, -0.2) is 4.98 Å². The van der Waals surface area contributed by atoms with Gasteiger partial charge in [0.15, 0.2) is 5.13 Å². The van der Waals surface area contributed by atoms with Crippen molar-refractivity contribution in [3.05, 3.63) is 10.6 Å². The minimum atomic E-state index is -0.923. The fourth-order valence-electron chi connectivity index (χ4n) is 2.55. The first-order valence-corrected chi connectivity index (χ1v) is 8.13. The molecule has 1 aliphatic rings. The molecule has 0 spiro atoms. The summed E-state index contributed by atoms with van der Waals surface area (Å²) in [7, 11) is 0. The van der Waals surface area contributed by atoms with E-state index in [1.165, 1.54) is 16.2 Å². The molecule has 0 saturated heterocycles. The zero-order valence-corrected chi connectivity index (χ0v) is 13.5. The van der Waals surface area contributed by atoms with Crippen LogP contribution in [0.15, 0.2) is 0 Å². The molecule has 0 bridgehead atoms. The van der Waals surface area contributed by atoms with Crippen molar-refractivity contribution >= 4 is 28.3 Å². The van der Waals surface area contributed by atoms with E-state index in [0.29, 0.717) is 11.6 Å². The van der Waals surface area contributed by atoms with Crippen molar-refractivity contribution < 1.29 is 14.7 Å². The third kappa shape index (κ3) is 4.03. The Morgan fingerprint density at radius 2 is 2.19 bits per heavy atom. The zero-order valence-electron chi connectivity index (χ0n) is 12.7. The van der Waals surface area contributed by atoms with Crippen molar-refractivity contribution in [3.8, 4) is 0 Å². The Balaban J connectivity index is 2.00. The molecule has 0 radical (unpaired) electrons. The number of carbonyl (C=O) groups is 2. The van der Waals surface area contributed by atoms with Gasteiger partial charge in [0.05, 0.1) is 11.6 Å². The van der Waals surface area contributed by atoms with E-state index in [2.05, 4.69) is 24.1 Å². The summed E-state index contributed by atoms with van der Waals surface area (Å²) in [6.07, 6.45) is 3.49. The number of carboxylic acids is 1. The van der Waals surface area contributed by atoms with E-state index >= 15 is 0 Å². The number of aliphatic carboxylic acids is 1. The van der Waals surface area contributed by atoms with E-state index in [-0.39, 0.29) is 17.7 Å². The number of nitrogens with one attached hydrogen (secondary N) is 1. The average molecular weight is 310 g/mol. The first kappa shape index (κ1) is 15.9. The van der Waals surface area contributed by atoms with Crippen LogP contribution in [-0.2, 0) is 22.4 Å². The van der Waals surface area contributed by atoms with Crippen LogP contribution in [0.5, 0.6) is 0 Å². The van der Waals surface area contributed by atoms with Crippen LogP contribution in [0.2, 0.25) is 0 Å². The van der Waals surface area contributed by atoms with Crippen molar-refractivity contribution in [2.24, 2.45) is 11.3 Å². The van der Waals surface area contributed by atoms with E-state index in [4.69, 9.17) is 5.11 Å². The third-order valence-corrected chi connectivity index (χ3v) is 4.99. The van der Waals surface area contributed by atoms with Gasteiger partial charge >= 0.3 is 5.97 Å². The van der Waals surface area contributed by atoms with Crippen LogP contribution in [0.25, 0.3) is 0 Å². The molecule has 2 rings (SSSR count). The van der Waals surface area contributed by atoms with Crippen LogP contribution >= 0.6 is 11.3 Å². The Morgan fingerprint density at radius 1 is 1.48 bits per heavy atom. The third-order valence-electron chi connectivity index (χ3n) is 3.98. The van der Waals surface area contributed by atoms with Gasteiger partial charge < -0.3 is 10.4 Å². The van der Waals surface area contributed by atoms with Gasteiger partial charge in [0.25, 0.3) is 0 Å². The molecule has 1 amide bonds. The normalized spacial score (nSPS) is 17.9. The maximum atomic E-state index is 11.9. The summed E-state index contributed by atoms with van der Waals surface area (Å²) in [6.45, 7) is 6.26. The summed E-state index contributed by atoms with van der Waals surface area (Å²) in [5.74, 6) is -1.82. The first-order chi connectivity index (χ1) is 9.80. The van der Waals surface area contributed by atoms with Crippen molar-refractivity contribution in [3.63, 3.8) is 0 Å². The van der Waals surface area contributed by atoms with Crippen LogP contribution in [0.4, 0.5) is 5.13 Å². The Bertz CT molecular complexity index is 551. The van der Waals surface area contributed by atoms with Crippen molar-refractivity contribution in [1.82, 2.24) is 4.98 Å². The summed E-state index contributed by atoms with van der Waals surface area (Å²) in [5, 5.41) is 12.3. The molecule has 0 aliphatic heterocycles. The Hall–Kier alpha value is -1.43. The second-order valence-electron chi connectivity index (χ2n) is 6.43. The molecule has 1 aliphatic carbocycles. The molecule has 1 unspecified atom stereocenters. The smallest absolute Gasteiger partial charge is 0.307 e. The number of hydrogen-bond donors (Lipinski definition) is 2. The van der Waals surface area contributed by atoms with E-state index < -0.39 is 11.9 Å². The molecular formula is C15H22N2O3S. The SMILES string of the molecule is CCC(CC(=O)Nc1nc2c(s1)CC(C)(C)CC2)C(=O)O. The average Bonchev–Trinajstić information content (AvgIpc) is 2.75. The predicted molar refractivity (Wildman–Crippen MR) is 82.6 cm³/mol. The highest BCUT2D eigenvalue weighted by molar-refractivity contribution is 7.15. The number of nitrogens with zero attached hydrogens (tertiary/aromatic N) is 1. The van der Waals surface area contributed by atoms with Gasteiger partial charge in [-0.3, -0.25) is 9.59 Å². The second kappa shape index (κ2) is 6.13. The first-order valence-electron chi connectivity index (χ1n) is 7.32. The highest BCUT2D eigenvalue weighted by Crippen LogP contribution is 2.38. The molecule has 0 saturated carbocycles. The van der Waals surface area contributed by atoms with E-state index in [9.17, 15) is 9.59 Å². The number of anilines is 1. The Kier molecular flexibility index (Phi) is 4.66. The van der Waals surface area contributed by atoms with Crippen molar-refractivity contribution in [2.75, 3.05) is 5.32 Å². The molecule has 1 aromatic heterocycles. The monoisotopic (exact) mass is 310 g/mol. The summed E-state index contributed by atoms with van der Waals surface area (Å²) in [5.41, 5.74) is 1.37. The summed E-state index contributed by atoms with van der Waals surface area (Å²) in [6, 6.07) is 0. The Morgan fingerprint density at radius 3 is 2.81 bits per heavy atom. The van der Waals surface area contributed by atoms with Crippen molar-refractivity contribution in [2.45, 2.75) is 52.9 Å². The topological polar surface area (TPSA) is 79.3 Å². The fourth-order valence-corrected chi connectivity index (χ4v) is 3.83. The van der Waals surface area contributed by atoms with E-state index in [1.807, 2.05) is 0 Å². The van der Waals surface area contributed by atoms with Gasteiger partial charge in [0.2, 0.25) is 5.91 Å². The predicted octanol–water partition coefficient (Wildman–Crippen LogP) is 3.10. The summed E-state index contributed by atoms with van der Waals surface area (Å²) in [4.78, 5) is 28.6. The fraction of sp³-hybridized carbons (Fsp3) is 0.667. The van der Waals surface area contributed by atoms with Gasteiger partial charge in [-0.05, 0) is 31.1 Å². The standard InChI is InChI=1S/C15H22N2O3S/c1-4-9(13(19)20)7-12(18)17-14-16-10-5-6-15(2,3)8-11(10)21-14/h9H,4-8H2,1-3H3,(H,19,20)(H,16,17,18). The minimum Gasteiger partial charge on any atom is -0.481 e. The maximum Gasteiger partial charge on any atom is 0.307 e. The van der Waals surface area contributed by atoms with Gasteiger partial charge in [-0.1, -0.05) is 20.8 Å². The number of hydrogen-bond acceptors (Lipinski definition) is 4. The Labute approximate surface area is 128 Å². The molecule has 5 nitrogen and oxygen atoms in total. The van der Waals surface area contributed by atoms with Crippen LogP contribution in [0.1, 0.15) is 50.6 Å². The number of amides is 1. The molecule has 21 heavy (non-hydrogen) atoms. The summed E-state index contributed by atoms with van der Waals surface area (Å²) < 4.78 is 0. The highest BCUT2D eigenvalue weighted by atomic mass is 32.1. The molecule has 0 aromatic carbocycles. The lowest BCUT2D eigenvalue weighted by atomic mass is 9.79. The van der Waals surface area contributed by atoms with Crippen LogP contribution in [0, 0.1) is 11.3 Å². The number of thiazole rings is 1. The molecule has 1 heterocycles. The van der Waals surface area contributed by atoms with Crippen LogP contribution < -0.4 is 5.32 Å². The molecule has 1 atom stereocenters. The molecule has 116 valence electrons. The number of fused-ring (bicyclic) bond motifs is 1. The number of aromatic nitrogens is 1. The quantitative estimate of drug-likeness (QED) is 0.876. The van der Waals surface area contributed by atoms with Gasteiger partial charge in [-0.15, -0.1) is 11.3 Å². The maximum absolute atomic E-state index is 11.9. The van der Waals surface area contributed by atoms with Crippen LogP contribution in [0.3, 0.4) is 0 Å². The van der Waals surface area contributed by atoms with Crippen LogP contribution in [-0.4, -0.2) is 22.0 Å². The molecule has 1 aromatic rings. The molecular weight excluding hydrogens is 288 g/mol. The van der Waals surface area contributed by atoms with Gasteiger partial charge in [0.1, 0.15) is 0 Å². The second-order valence-corrected chi connectivity index (χ2v) is 7.51. The number of aryl methyl sites for hydroxylation is 1. The van der Waals surface area contributed by atoms with E-state index in [1.54, 1.807) is 6.92 Å². The lowest BCUT2D eigenvalue weighted by Crippen LogP contribution is -2.21. The molecule has 2 N–H and O–H groups in total. The zero-order chi connectivity index (χ0) is 15.6.